The van der Waals surface area contributed by atoms with Crippen molar-refractivity contribution in [2.45, 2.75) is 13.1 Å². The maximum Gasteiger partial charge on any atom is 0.419 e. The number of hydrogen-bond acceptors (Lipinski definition) is 6. The summed E-state index contributed by atoms with van der Waals surface area (Å²) >= 11 is 1.01. The molecule has 0 aliphatic rings. The second-order valence-corrected chi connectivity index (χ2v) is 5.54. The molecule has 25 heavy (non-hydrogen) atoms. The lowest BCUT2D eigenvalue weighted by Gasteiger charge is -2.10. The number of benzene rings is 1. The van der Waals surface area contributed by atoms with E-state index in [2.05, 4.69) is 4.98 Å². The Morgan fingerprint density at radius 2 is 2.08 bits per heavy atom. The van der Waals surface area contributed by atoms with Crippen LogP contribution in [0, 0.1) is 0 Å². The molecule has 0 saturated carbocycles. The van der Waals surface area contributed by atoms with Crippen molar-refractivity contribution in [3.8, 4) is 5.75 Å². The molecule has 0 unspecified atom stereocenters. The van der Waals surface area contributed by atoms with E-state index in [0.717, 1.165) is 29.5 Å². The summed E-state index contributed by atoms with van der Waals surface area (Å²) in [6.45, 7) is 1.80. The van der Waals surface area contributed by atoms with Crippen LogP contribution in [0.3, 0.4) is 0 Å². The summed E-state index contributed by atoms with van der Waals surface area (Å²) in [6.07, 6.45) is -2.66. The first-order chi connectivity index (χ1) is 11.8. The molecule has 9 heteroatoms. The van der Waals surface area contributed by atoms with Crippen molar-refractivity contribution < 1.29 is 32.6 Å². The molecule has 0 aliphatic heterocycles. The van der Waals surface area contributed by atoms with Gasteiger partial charge < -0.3 is 9.84 Å². The number of halogens is 3. The van der Waals surface area contributed by atoms with Crippen LogP contribution < -0.4 is 0 Å². The number of ketones is 1. The third-order valence-electron chi connectivity index (χ3n) is 3.06. The molecule has 1 aromatic heterocycles. The Hall–Kier alpha value is -2.68. The number of ether oxygens (including phenoxy) is 1. The highest BCUT2D eigenvalue weighted by atomic mass is 32.1. The number of aromatic nitrogens is 1. The molecule has 0 aliphatic carbocycles. The Morgan fingerprint density at radius 1 is 1.36 bits per heavy atom. The minimum Gasteiger partial charge on any atom is -0.507 e. The molecular formula is C16H12F3NO4S. The van der Waals surface area contributed by atoms with Crippen LogP contribution in [0.15, 0.2) is 29.8 Å². The number of aromatic hydroxyl groups is 1. The molecule has 0 saturated heterocycles. The van der Waals surface area contributed by atoms with Gasteiger partial charge in [-0.25, -0.2) is 9.78 Å². The predicted molar refractivity (Wildman–Crippen MR) is 84.5 cm³/mol. The maximum atomic E-state index is 12.8. The van der Waals surface area contributed by atoms with E-state index in [0.29, 0.717) is 6.07 Å². The molecule has 0 fully saturated rings. The fourth-order valence-electron chi connectivity index (χ4n) is 1.94. The number of esters is 1. The number of nitrogens with zero attached hydrogens (tertiary/aromatic N) is 1. The van der Waals surface area contributed by atoms with Crippen LogP contribution in [-0.4, -0.2) is 28.4 Å². The van der Waals surface area contributed by atoms with Gasteiger partial charge in [-0.2, -0.15) is 13.2 Å². The molecule has 0 radical (unpaired) electrons. The van der Waals surface area contributed by atoms with Gasteiger partial charge in [0.25, 0.3) is 0 Å². The van der Waals surface area contributed by atoms with E-state index in [1.165, 1.54) is 11.6 Å². The van der Waals surface area contributed by atoms with E-state index in [1.54, 1.807) is 6.92 Å². The molecule has 5 nitrogen and oxygen atoms in total. The summed E-state index contributed by atoms with van der Waals surface area (Å²) in [6, 6.07) is 2.77. The molecule has 2 rings (SSSR count). The largest absolute Gasteiger partial charge is 0.507 e. The lowest BCUT2D eigenvalue weighted by Crippen LogP contribution is -2.08. The van der Waals surface area contributed by atoms with Gasteiger partial charge in [0.2, 0.25) is 0 Å². The third-order valence-corrected chi connectivity index (χ3v) is 3.88. The summed E-state index contributed by atoms with van der Waals surface area (Å²) in [5, 5.41) is 9.70. The average molecular weight is 371 g/mol. The quantitative estimate of drug-likeness (QED) is 0.489. The molecule has 1 aromatic carbocycles. The third kappa shape index (κ3) is 4.24. The average Bonchev–Trinajstić information content (AvgIpc) is 3.00. The van der Waals surface area contributed by atoms with Gasteiger partial charge in [-0.05, 0) is 31.2 Å². The number of thiazole rings is 1. The summed E-state index contributed by atoms with van der Waals surface area (Å²) in [5.41, 5.74) is -0.270. The number of phenolic OH excluding ortho intramolecular Hbond substituents is 1. The summed E-state index contributed by atoms with van der Waals surface area (Å²) in [4.78, 5) is 27.9. The number of carbonyl (C=O) groups is 2. The van der Waals surface area contributed by atoms with Crippen LogP contribution in [0.1, 0.15) is 38.2 Å². The molecule has 2 aromatic rings. The van der Waals surface area contributed by atoms with Crippen LogP contribution in [0.2, 0.25) is 0 Å². The van der Waals surface area contributed by atoms with Crippen LogP contribution in [0.4, 0.5) is 13.2 Å². The number of hydrogen-bond donors (Lipinski definition) is 1. The van der Waals surface area contributed by atoms with Gasteiger partial charge in [0.1, 0.15) is 10.6 Å². The normalized spacial score (nSPS) is 11.7. The highest BCUT2D eigenvalue weighted by Crippen LogP contribution is 2.37. The van der Waals surface area contributed by atoms with Crippen molar-refractivity contribution in [2.24, 2.45) is 0 Å². The number of phenols is 1. The van der Waals surface area contributed by atoms with E-state index in [9.17, 15) is 27.9 Å². The van der Waals surface area contributed by atoms with E-state index in [1.807, 2.05) is 0 Å². The van der Waals surface area contributed by atoms with Crippen molar-refractivity contribution >= 4 is 29.2 Å². The number of para-hydroxylation sites is 1. The van der Waals surface area contributed by atoms with Crippen molar-refractivity contribution in [2.75, 3.05) is 6.61 Å². The molecule has 0 bridgehead atoms. The first-order valence-electron chi connectivity index (χ1n) is 6.98. The van der Waals surface area contributed by atoms with E-state index in [4.69, 9.17) is 4.74 Å². The number of allylic oxidation sites excluding steroid dienone is 1. The number of rotatable bonds is 5. The van der Waals surface area contributed by atoms with Crippen molar-refractivity contribution in [3.05, 3.63) is 51.5 Å². The molecule has 1 heterocycles. The fraction of sp³-hybridized carbons (Fsp3) is 0.188. The first-order valence-corrected chi connectivity index (χ1v) is 7.85. The number of carbonyl (C=O) groups excluding carboxylic acids is 2. The van der Waals surface area contributed by atoms with Gasteiger partial charge in [-0.15, -0.1) is 11.3 Å². The van der Waals surface area contributed by atoms with Crippen molar-refractivity contribution in [1.82, 2.24) is 4.98 Å². The Kier molecular flexibility index (Phi) is 5.58. The van der Waals surface area contributed by atoms with E-state index >= 15 is 0 Å². The highest BCUT2D eigenvalue weighted by molar-refractivity contribution is 7.11. The van der Waals surface area contributed by atoms with Gasteiger partial charge >= 0.3 is 12.1 Å². The van der Waals surface area contributed by atoms with Crippen molar-refractivity contribution in [3.63, 3.8) is 0 Å². The first kappa shape index (κ1) is 18.7. The second kappa shape index (κ2) is 7.47. The molecule has 1 N–H and O–H groups in total. The standard InChI is InChI=1S/C16H12F3NO4S/c1-2-24-15(23)14-11(20-8-25-14)6-7-12(21)9-4-3-5-10(13(9)22)16(17,18)19/h3-8,22H,2H2,1H3/b7-6+. The SMILES string of the molecule is CCOC(=O)c1scnc1/C=C/C(=O)c1cccc(C(F)(F)F)c1O. The zero-order valence-corrected chi connectivity index (χ0v) is 13.6. The molecule has 132 valence electrons. The van der Waals surface area contributed by atoms with Crippen LogP contribution in [0.25, 0.3) is 6.08 Å². The van der Waals surface area contributed by atoms with E-state index in [-0.39, 0.29) is 17.2 Å². The number of alkyl halides is 3. The van der Waals surface area contributed by atoms with Gasteiger partial charge in [0.15, 0.2) is 5.78 Å². The van der Waals surface area contributed by atoms with Gasteiger partial charge in [-0.1, -0.05) is 6.07 Å². The van der Waals surface area contributed by atoms with E-state index < -0.39 is 34.8 Å². The van der Waals surface area contributed by atoms with Crippen molar-refractivity contribution in [1.29, 1.82) is 0 Å². The molecular weight excluding hydrogens is 359 g/mol. The monoisotopic (exact) mass is 371 g/mol. The summed E-state index contributed by atoms with van der Waals surface area (Å²) in [5.74, 6) is -2.61. The highest BCUT2D eigenvalue weighted by Gasteiger charge is 2.35. The fourth-order valence-corrected chi connectivity index (χ4v) is 2.61. The molecule has 0 spiro atoms. The van der Waals surface area contributed by atoms with Gasteiger partial charge in [0, 0.05) is 0 Å². The van der Waals surface area contributed by atoms with Crippen LogP contribution in [0.5, 0.6) is 5.75 Å². The summed E-state index contributed by atoms with van der Waals surface area (Å²) < 4.78 is 43.1. The maximum absolute atomic E-state index is 12.8. The topological polar surface area (TPSA) is 76.5 Å². The minimum absolute atomic E-state index is 0.156. The Bertz CT molecular complexity index is 827. The van der Waals surface area contributed by atoms with Gasteiger partial charge in [-0.3, -0.25) is 4.79 Å². The zero-order chi connectivity index (χ0) is 18.6. The zero-order valence-electron chi connectivity index (χ0n) is 12.8. The Labute approximate surface area is 144 Å². The molecule has 0 atom stereocenters. The lowest BCUT2D eigenvalue weighted by molar-refractivity contribution is -0.138. The smallest absolute Gasteiger partial charge is 0.419 e. The van der Waals surface area contributed by atoms with Crippen LogP contribution in [-0.2, 0) is 10.9 Å². The van der Waals surface area contributed by atoms with Gasteiger partial charge in [0.05, 0.1) is 28.9 Å². The Balaban J connectivity index is 2.28. The summed E-state index contributed by atoms with van der Waals surface area (Å²) in [7, 11) is 0. The minimum atomic E-state index is -4.78. The van der Waals surface area contributed by atoms with Crippen LogP contribution >= 0.6 is 11.3 Å². The Morgan fingerprint density at radius 3 is 2.72 bits per heavy atom. The molecule has 0 amide bonds. The lowest BCUT2D eigenvalue weighted by atomic mass is 10.0. The predicted octanol–water partition coefficient (Wildman–Crippen LogP) is 3.94. The second-order valence-electron chi connectivity index (χ2n) is 4.68.